The molecule has 2 aromatic carbocycles. The van der Waals surface area contributed by atoms with Crippen LogP contribution < -0.4 is 15.5 Å². The lowest BCUT2D eigenvalue weighted by Crippen LogP contribution is -2.59. The van der Waals surface area contributed by atoms with E-state index in [1.54, 1.807) is 12.1 Å². The van der Waals surface area contributed by atoms with Crippen molar-refractivity contribution in [3.05, 3.63) is 65.7 Å². The van der Waals surface area contributed by atoms with Gasteiger partial charge in [0.1, 0.15) is 6.61 Å². The minimum absolute atomic E-state index is 0.0142. The molecular formula is C26H32F3N3O2. The molecule has 3 atom stereocenters. The first-order chi connectivity index (χ1) is 16.4. The minimum Gasteiger partial charge on any atom is -0.445 e. The number of halogens is 3. The van der Waals surface area contributed by atoms with Crippen LogP contribution in [0.15, 0.2) is 54.6 Å². The molecular weight excluding hydrogens is 443 g/mol. The molecule has 0 bridgehead atoms. The third-order valence-corrected chi connectivity index (χ3v) is 6.76. The molecule has 1 saturated carbocycles. The summed E-state index contributed by atoms with van der Waals surface area (Å²) in [5, 5.41) is 6.48. The third-order valence-electron chi connectivity index (χ3n) is 6.76. The van der Waals surface area contributed by atoms with Crippen LogP contribution in [0.1, 0.15) is 49.7 Å². The maximum Gasteiger partial charge on any atom is 0.416 e. The number of piperidine rings is 1. The molecule has 4 rings (SSSR count). The lowest BCUT2D eigenvalue weighted by atomic mass is 9.87. The van der Waals surface area contributed by atoms with E-state index in [0.717, 1.165) is 75.0 Å². The first-order valence-corrected chi connectivity index (χ1v) is 12.1. The van der Waals surface area contributed by atoms with Crippen LogP contribution in [-0.4, -0.2) is 37.3 Å². The van der Waals surface area contributed by atoms with Gasteiger partial charge in [0.25, 0.3) is 0 Å². The molecule has 2 N–H and O–H groups in total. The van der Waals surface area contributed by atoms with Crippen LogP contribution in [0.25, 0.3) is 0 Å². The van der Waals surface area contributed by atoms with E-state index >= 15 is 0 Å². The van der Waals surface area contributed by atoms with E-state index in [-0.39, 0.29) is 24.7 Å². The number of alkyl carbamates (subject to hydrolysis) is 1. The van der Waals surface area contributed by atoms with E-state index in [1.165, 1.54) is 0 Å². The zero-order valence-electron chi connectivity index (χ0n) is 19.2. The van der Waals surface area contributed by atoms with Crippen molar-refractivity contribution >= 4 is 11.8 Å². The number of carbonyl (C=O) groups excluding carboxylic acids is 1. The molecule has 0 radical (unpaired) electrons. The zero-order valence-corrected chi connectivity index (χ0v) is 19.2. The number of carbonyl (C=O) groups is 1. The Balaban J connectivity index is 1.51. The number of ether oxygens (including phenoxy) is 1. The SMILES string of the molecule is O=C(N[C@@H]1CCCC[C@H]1N(c1ccc(C(F)(F)F)cc1)[C@H]1CCCNC1)OCc1ccccc1. The Morgan fingerprint density at radius 3 is 2.41 bits per heavy atom. The molecule has 0 aromatic heterocycles. The summed E-state index contributed by atoms with van der Waals surface area (Å²) in [6, 6.07) is 14.9. The number of alkyl halides is 3. The summed E-state index contributed by atoms with van der Waals surface area (Å²) < 4.78 is 44.9. The Labute approximate surface area is 198 Å². The summed E-state index contributed by atoms with van der Waals surface area (Å²) in [5.41, 5.74) is 1.02. The largest absolute Gasteiger partial charge is 0.445 e. The van der Waals surface area contributed by atoms with Gasteiger partial charge < -0.3 is 20.3 Å². The predicted molar refractivity (Wildman–Crippen MR) is 126 cm³/mol. The maximum atomic E-state index is 13.1. The first-order valence-electron chi connectivity index (χ1n) is 12.1. The molecule has 184 valence electrons. The highest BCUT2D eigenvalue weighted by Gasteiger charge is 2.37. The lowest BCUT2D eigenvalue weighted by Gasteiger charge is -2.46. The van der Waals surface area contributed by atoms with Gasteiger partial charge in [0, 0.05) is 24.3 Å². The van der Waals surface area contributed by atoms with E-state index in [9.17, 15) is 18.0 Å². The topological polar surface area (TPSA) is 53.6 Å². The molecule has 5 nitrogen and oxygen atoms in total. The van der Waals surface area contributed by atoms with Gasteiger partial charge in [0.15, 0.2) is 0 Å². The molecule has 2 aliphatic rings. The van der Waals surface area contributed by atoms with Gasteiger partial charge in [-0.3, -0.25) is 0 Å². The maximum absolute atomic E-state index is 13.1. The lowest BCUT2D eigenvalue weighted by molar-refractivity contribution is -0.137. The number of hydrogen-bond donors (Lipinski definition) is 2. The van der Waals surface area contributed by atoms with Crippen molar-refractivity contribution < 1.29 is 22.7 Å². The Morgan fingerprint density at radius 2 is 1.74 bits per heavy atom. The quantitative estimate of drug-likeness (QED) is 0.579. The number of hydrogen-bond acceptors (Lipinski definition) is 4. The van der Waals surface area contributed by atoms with Gasteiger partial charge in [-0.2, -0.15) is 13.2 Å². The fourth-order valence-corrected chi connectivity index (χ4v) is 5.10. The average Bonchev–Trinajstić information content (AvgIpc) is 2.85. The van der Waals surface area contributed by atoms with Crippen molar-refractivity contribution in [2.24, 2.45) is 0 Å². The fourth-order valence-electron chi connectivity index (χ4n) is 5.10. The molecule has 1 saturated heterocycles. The highest BCUT2D eigenvalue weighted by molar-refractivity contribution is 5.68. The van der Waals surface area contributed by atoms with Crippen LogP contribution in [-0.2, 0) is 17.5 Å². The van der Waals surface area contributed by atoms with Crippen molar-refractivity contribution in [1.29, 1.82) is 0 Å². The van der Waals surface area contributed by atoms with Crippen LogP contribution in [0.5, 0.6) is 0 Å². The molecule has 1 aliphatic carbocycles. The average molecular weight is 476 g/mol. The van der Waals surface area contributed by atoms with E-state index in [4.69, 9.17) is 4.74 Å². The highest BCUT2D eigenvalue weighted by atomic mass is 19.4. The van der Waals surface area contributed by atoms with Gasteiger partial charge in [-0.15, -0.1) is 0 Å². The number of amides is 1. The Morgan fingerprint density at radius 1 is 1.00 bits per heavy atom. The number of rotatable bonds is 6. The van der Waals surface area contributed by atoms with E-state index in [0.29, 0.717) is 0 Å². The van der Waals surface area contributed by atoms with E-state index in [1.807, 2.05) is 30.3 Å². The van der Waals surface area contributed by atoms with Gasteiger partial charge in [0.2, 0.25) is 0 Å². The Kier molecular flexibility index (Phi) is 7.98. The van der Waals surface area contributed by atoms with Crippen molar-refractivity contribution in [3.63, 3.8) is 0 Å². The standard InChI is InChI=1S/C26H32F3N3O2/c27-26(28,29)20-12-14-21(15-13-20)32(22-9-6-16-30-17-22)24-11-5-4-10-23(24)31-25(33)34-18-19-7-2-1-3-8-19/h1-3,7-8,12-15,22-24,30H,4-6,9-11,16-18H2,(H,31,33)/t22-,23+,24+/m0/s1. The van der Waals surface area contributed by atoms with Crippen LogP contribution in [0.3, 0.4) is 0 Å². The van der Waals surface area contributed by atoms with Gasteiger partial charge in [-0.25, -0.2) is 4.79 Å². The van der Waals surface area contributed by atoms with Crippen molar-refractivity contribution in [2.75, 3.05) is 18.0 Å². The summed E-state index contributed by atoms with van der Waals surface area (Å²) in [6.45, 7) is 1.90. The van der Waals surface area contributed by atoms with Crippen LogP contribution >= 0.6 is 0 Å². The molecule has 34 heavy (non-hydrogen) atoms. The van der Waals surface area contributed by atoms with E-state index in [2.05, 4.69) is 15.5 Å². The second kappa shape index (κ2) is 11.1. The molecule has 0 unspecified atom stereocenters. The Bertz CT molecular complexity index is 915. The molecule has 2 aromatic rings. The third kappa shape index (κ3) is 6.23. The van der Waals surface area contributed by atoms with Crippen molar-refractivity contribution in [1.82, 2.24) is 10.6 Å². The second-order valence-corrected chi connectivity index (χ2v) is 9.12. The molecule has 1 heterocycles. The summed E-state index contributed by atoms with van der Waals surface area (Å²) in [6.07, 6.45) is 0.802. The molecule has 0 spiro atoms. The first kappa shape index (κ1) is 24.4. The molecule has 1 aliphatic heterocycles. The van der Waals surface area contributed by atoms with Gasteiger partial charge in [-0.1, -0.05) is 43.2 Å². The Hall–Kier alpha value is -2.74. The summed E-state index contributed by atoms with van der Waals surface area (Å²) >= 11 is 0. The molecule has 1 amide bonds. The van der Waals surface area contributed by atoms with Crippen LogP contribution in [0.2, 0.25) is 0 Å². The van der Waals surface area contributed by atoms with Crippen LogP contribution in [0, 0.1) is 0 Å². The van der Waals surface area contributed by atoms with Gasteiger partial charge in [-0.05, 0) is 62.1 Å². The smallest absolute Gasteiger partial charge is 0.416 e. The van der Waals surface area contributed by atoms with Crippen molar-refractivity contribution in [2.45, 2.75) is 69.4 Å². The number of nitrogens with zero attached hydrogens (tertiary/aromatic N) is 1. The summed E-state index contributed by atoms with van der Waals surface area (Å²) in [5.74, 6) is 0. The van der Waals surface area contributed by atoms with E-state index < -0.39 is 17.8 Å². The van der Waals surface area contributed by atoms with Crippen molar-refractivity contribution in [3.8, 4) is 0 Å². The van der Waals surface area contributed by atoms with Crippen LogP contribution in [0.4, 0.5) is 23.7 Å². The normalized spacial score (nSPS) is 23.2. The number of nitrogens with one attached hydrogen (secondary N) is 2. The zero-order chi connectivity index (χ0) is 24.0. The van der Waals surface area contributed by atoms with Gasteiger partial charge >= 0.3 is 12.3 Å². The number of benzene rings is 2. The fraction of sp³-hybridized carbons (Fsp3) is 0.500. The summed E-state index contributed by atoms with van der Waals surface area (Å²) in [7, 11) is 0. The summed E-state index contributed by atoms with van der Waals surface area (Å²) in [4.78, 5) is 14.9. The number of anilines is 1. The van der Waals surface area contributed by atoms with Gasteiger partial charge in [0.05, 0.1) is 11.6 Å². The molecule has 8 heteroatoms. The monoisotopic (exact) mass is 475 g/mol. The second-order valence-electron chi connectivity index (χ2n) is 9.12. The highest BCUT2D eigenvalue weighted by Crippen LogP contribution is 2.34. The predicted octanol–water partition coefficient (Wildman–Crippen LogP) is 5.50. The molecule has 2 fully saturated rings. The minimum atomic E-state index is -4.37.